The third-order valence-electron chi connectivity index (χ3n) is 3.00. The van der Waals surface area contributed by atoms with Gasteiger partial charge in [0, 0.05) is 29.4 Å². The summed E-state index contributed by atoms with van der Waals surface area (Å²) in [7, 11) is 0. The van der Waals surface area contributed by atoms with Crippen LogP contribution >= 0.6 is 0 Å². The number of hydrogen-bond donors (Lipinski definition) is 1. The lowest BCUT2D eigenvalue weighted by atomic mass is 10.1. The normalized spacial score (nSPS) is 14.7. The second-order valence-corrected chi connectivity index (χ2v) is 4.32. The lowest BCUT2D eigenvalue weighted by Gasteiger charge is -2.07. The monoisotopic (exact) mass is 245 g/mol. The Hall–Kier alpha value is -2.44. The van der Waals surface area contributed by atoms with E-state index in [0.29, 0.717) is 23.1 Å². The number of hydrogen-bond acceptors (Lipinski definition) is 5. The van der Waals surface area contributed by atoms with E-state index in [-0.39, 0.29) is 5.69 Å². The van der Waals surface area contributed by atoms with Gasteiger partial charge in [-0.2, -0.15) is 0 Å². The average molecular weight is 245 g/mol. The zero-order valence-corrected chi connectivity index (χ0v) is 9.48. The van der Waals surface area contributed by atoms with Crippen molar-refractivity contribution in [3.63, 3.8) is 0 Å². The number of benzene rings is 1. The molecule has 92 valence electrons. The van der Waals surface area contributed by atoms with Gasteiger partial charge in [0.2, 0.25) is 0 Å². The Labute approximate surface area is 102 Å². The molecule has 0 spiro atoms. The van der Waals surface area contributed by atoms with E-state index in [2.05, 4.69) is 10.2 Å². The van der Waals surface area contributed by atoms with Crippen LogP contribution in [0, 0.1) is 10.1 Å². The number of rotatable bonds is 3. The molecule has 1 aliphatic rings. The number of nitrogen functional groups attached to an aromatic ring is 1. The van der Waals surface area contributed by atoms with E-state index < -0.39 is 4.92 Å². The maximum atomic E-state index is 10.7. The SMILES string of the molecule is Nc1cc([N+](=O)[O-])ccc1-c1nncn1C1CC1. The van der Waals surface area contributed by atoms with Crippen LogP contribution < -0.4 is 5.73 Å². The van der Waals surface area contributed by atoms with Crippen molar-refractivity contribution in [2.45, 2.75) is 18.9 Å². The van der Waals surface area contributed by atoms with Gasteiger partial charge < -0.3 is 10.3 Å². The Morgan fingerprint density at radius 1 is 1.44 bits per heavy atom. The highest BCUT2D eigenvalue weighted by Crippen LogP contribution is 2.38. The van der Waals surface area contributed by atoms with Crippen molar-refractivity contribution < 1.29 is 4.92 Å². The molecule has 3 rings (SSSR count). The summed E-state index contributed by atoms with van der Waals surface area (Å²) < 4.78 is 1.97. The van der Waals surface area contributed by atoms with Crippen molar-refractivity contribution in [3.05, 3.63) is 34.6 Å². The minimum atomic E-state index is -0.467. The third-order valence-corrected chi connectivity index (χ3v) is 3.00. The quantitative estimate of drug-likeness (QED) is 0.504. The number of non-ortho nitro benzene ring substituents is 1. The molecule has 2 N–H and O–H groups in total. The fourth-order valence-electron chi connectivity index (χ4n) is 1.92. The van der Waals surface area contributed by atoms with Crippen molar-refractivity contribution in [1.82, 2.24) is 14.8 Å². The minimum Gasteiger partial charge on any atom is -0.398 e. The van der Waals surface area contributed by atoms with Crippen LogP contribution in [0.3, 0.4) is 0 Å². The first kappa shape index (κ1) is 10.7. The van der Waals surface area contributed by atoms with Crippen molar-refractivity contribution in [2.75, 3.05) is 5.73 Å². The molecule has 1 aromatic heterocycles. The molecule has 2 aromatic rings. The van der Waals surface area contributed by atoms with E-state index in [1.54, 1.807) is 12.4 Å². The number of nitro benzene ring substituents is 1. The molecule has 0 saturated heterocycles. The fraction of sp³-hybridized carbons (Fsp3) is 0.273. The standard InChI is InChI=1S/C11H11N5O2/c12-10-5-8(16(17)18)3-4-9(10)11-14-13-6-15(11)7-1-2-7/h3-7H,1-2,12H2. The summed E-state index contributed by atoms with van der Waals surface area (Å²) in [6, 6.07) is 4.83. The number of nitrogens with zero attached hydrogens (tertiary/aromatic N) is 4. The summed E-state index contributed by atoms with van der Waals surface area (Å²) in [4.78, 5) is 10.2. The number of aromatic nitrogens is 3. The first-order chi connectivity index (χ1) is 8.66. The summed E-state index contributed by atoms with van der Waals surface area (Å²) in [6.45, 7) is 0. The third kappa shape index (κ3) is 1.69. The van der Waals surface area contributed by atoms with Crippen LogP contribution in [-0.4, -0.2) is 19.7 Å². The van der Waals surface area contributed by atoms with Crippen LogP contribution in [0.2, 0.25) is 0 Å². The van der Waals surface area contributed by atoms with Gasteiger partial charge in [0.25, 0.3) is 5.69 Å². The fourth-order valence-corrected chi connectivity index (χ4v) is 1.92. The summed E-state index contributed by atoms with van der Waals surface area (Å²) in [5, 5.41) is 18.6. The summed E-state index contributed by atoms with van der Waals surface area (Å²) in [5.74, 6) is 0.671. The highest BCUT2D eigenvalue weighted by molar-refractivity contribution is 5.74. The molecule has 18 heavy (non-hydrogen) atoms. The van der Waals surface area contributed by atoms with Gasteiger partial charge in [-0.25, -0.2) is 0 Å². The van der Waals surface area contributed by atoms with Crippen molar-refractivity contribution in [1.29, 1.82) is 0 Å². The second kappa shape index (κ2) is 3.80. The molecule has 7 heteroatoms. The molecule has 0 unspecified atom stereocenters. The molecule has 1 fully saturated rings. The second-order valence-electron chi connectivity index (χ2n) is 4.32. The molecule has 0 aliphatic heterocycles. The lowest BCUT2D eigenvalue weighted by Crippen LogP contribution is -2.00. The van der Waals surface area contributed by atoms with Crippen molar-refractivity contribution in [3.8, 4) is 11.4 Å². The molecule has 0 bridgehead atoms. The smallest absolute Gasteiger partial charge is 0.271 e. The van der Waals surface area contributed by atoms with E-state index >= 15 is 0 Å². The van der Waals surface area contributed by atoms with Crippen LogP contribution in [0.5, 0.6) is 0 Å². The van der Waals surface area contributed by atoms with E-state index in [1.165, 1.54) is 12.1 Å². The van der Waals surface area contributed by atoms with Crippen LogP contribution in [0.15, 0.2) is 24.5 Å². The predicted octanol–water partition coefficient (Wildman–Crippen LogP) is 1.77. The van der Waals surface area contributed by atoms with Crippen molar-refractivity contribution >= 4 is 11.4 Å². The lowest BCUT2D eigenvalue weighted by molar-refractivity contribution is -0.384. The molecule has 0 atom stereocenters. The Morgan fingerprint density at radius 3 is 2.83 bits per heavy atom. The molecule has 1 aliphatic carbocycles. The number of nitrogens with two attached hydrogens (primary N) is 1. The van der Waals surface area contributed by atoms with E-state index in [1.807, 2.05) is 4.57 Å². The highest BCUT2D eigenvalue weighted by atomic mass is 16.6. The molecular formula is C11H11N5O2. The molecule has 0 radical (unpaired) electrons. The summed E-state index contributed by atoms with van der Waals surface area (Å²) in [6.07, 6.45) is 3.89. The Morgan fingerprint density at radius 2 is 2.22 bits per heavy atom. The molecule has 0 amide bonds. The van der Waals surface area contributed by atoms with E-state index in [0.717, 1.165) is 12.8 Å². The maximum Gasteiger partial charge on any atom is 0.271 e. The average Bonchev–Trinajstić information content (AvgIpc) is 3.07. The predicted molar refractivity (Wildman–Crippen MR) is 64.8 cm³/mol. The first-order valence-electron chi connectivity index (χ1n) is 5.60. The summed E-state index contributed by atoms with van der Waals surface area (Å²) >= 11 is 0. The zero-order valence-electron chi connectivity index (χ0n) is 9.48. The Bertz CT molecular complexity index is 618. The highest BCUT2D eigenvalue weighted by Gasteiger charge is 2.27. The van der Waals surface area contributed by atoms with Gasteiger partial charge in [0.15, 0.2) is 5.82 Å². The number of anilines is 1. The van der Waals surface area contributed by atoms with Gasteiger partial charge in [0.1, 0.15) is 6.33 Å². The van der Waals surface area contributed by atoms with Crippen molar-refractivity contribution in [2.24, 2.45) is 0 Å². The van der Waals surface area contributed by atoms with E-state index in [9.17, 15) is 10.1 Å². The molecule has 1 heterocycles. The Balaban J connectivity index is 2.06. The van der Waals surface area contributed by atoms with Crippen LogP contribution in [0.4, 0.5) is 11.4 Å². The topological polar surface area (TPSA) is 99.9 Å². The molecular weight excluding hydrogens is 234 g/mol. The van der Waals surface area contributed by atoms with Gasteiger partial charge in [-0.1, -0.05) is 0 Å². The van der Waals surface area contributed by atoms with Crippen LogP contribution in [-0.2, 0) is 0 Å². The van der Waals surface area contributed by atoms with Crippen LogP contribution in [0.25, 0.3) is 11.4 Å². The molecule has 7 nitrogen and oxygen atoms in total. The zero-order chi connectivity index (χ0) is 12.7. The van der Waals surface area contributed by atoms with Gasteiger partial charge in [-0.15, -0.1) is 10.2 Å². The van der Waals surface area contributed by atoms with E-state index in [4.69, 9.17) is 5.73 Å². The van der Waals surface area contributed by atoms with Gasteiger partial charge >= 0.3 is 0 Å². The largest absolute Gasteiger partial charge is 0.398 e. The molecule has 1 aromatic carbocycles. The summed E-state index contributed by atoms with van der Waals surface area (Å²) in [5.41, 5.74) is 6.87. The number of nitro groups is 1. The maximum absolute atomic E-state index is 10.7. The Kier molecular flexibility index (Phi) is 2.26. The van der Waals surface area contributed by atoms with Crippen LogP contribution in [0.1, 0.15) is 18.9 Å². The van der Waals surface area contributed by atoms with Gasteiger partial charge in [0.05, 0.1) is 4.92 Å². The van der Waals surface area contributed by atoms with Gasteiger partial charge in [-0.05, 0) is 18.9 Å². The first-order valence-corrected chi connectivity index (χ1v) is 5.60. The molecule has 1 saturated carbocycles. The minimum absolute atomic E-state index is 0.0197. The van der Waals surface area contributed by atoms with Gasteiger partial charge in [-0.3, -0.25) is 10.1 Å².